The molecule has 0 bridgehead atoms. The second kappa shape index (κ2) is 4.54. The summed E-state index contributed by atoms with van der Waals surface area (Å²) >= 11 is 0. The number of hydrogen-bond donors (Lipinski definition) is 3. The zero-order chi connectivity index (χ0) is 10.6. The topological polar surface area (TPSA) is 101 Å². The summed E-state index contributed by atoms with van der Waals surface area (Å²) in [5.74, 6) is -0.399. The molecule has 0 aromatic heterocycles. The van der Waals surface area contributed by atoms with Crippen LogP contribution >= 0.6 is 0 Å². The zero-order valence-corrected chi connectivity index (χ0v) is 8.68. The fourth-order valence-corrected chi connectivity index (χ4v) is 1.31. The minimum atomic E-state index is -3.82. The molecular formula is C6H15N3O3S. The molecule has 0 saturated carbocycles. The van der Waals surface area contributed by atoms with E-state index in [2.05, 4.69) is 10.5 Å². The van der Waals surface area contributed by atoms with E-state index >= 15 is 0 Å². The number of hydrogen-bond acceptors (Lipinski definition) is 3. The first-order chi connectivity index (χ1) is 5.72. The van der Waals surface area contributed by atoms with Gasteiger partial charge in [0.1, 0.15) is 0 Å². The molecule has 0 aliphatic carbocycles. The molecule has 0 rings (SSSR count). The maximum Gasteiger partial charge on any atom is 0.275 e. The molecule has 0 saturated heterocycles. The lowest BCUT2D eigenvalue weighted by Gasteiger charge is -2.14. The van der Waals surface area contributed by atoms with Gasteiger partial charge in [0.2, 0.25) is 5.91 Å². The Kier molecular flexibility index (Phi) is 4.31. The standard InChI is InChI=1S/C6H15N3O3S/c1-4(2)8-6(10)5(3)9-13(7,11)12/h4-5,9H,1-3H3,(H,8,10)(H2,7,11,12). The molecule has 4 N–H and O–H groups in total. The van der Waals surface area contributed by atoms with Crippen LogP contribution in [0.2, 0.25) is 0 Å². The summed E-state index contributed by atoms with van der Waals surface area (Å²) in [6, 6.07) is -0.880. The van der Waals surface area contributed by atoms with Crippen molar-refractivity contribution in [1.29, 1.82) is 0 Å². The van der Waals surface area contributed by atoms with Gasteiger partial charge in [-0.3, -0.25) is 4.79 Å². The largest absolute Gasteiger partial charge is 0.353 e. The Hall–Kier alpha value is -0.660. The Balaban J connectivity index is 4.13. The lowest BCUT2D eigenvalue weighted by molar-refractivity contribution is -0.122. The minimum absolute atomic E-state index is 0.0303. The van der Waals surface area contributed by atoms with Gasteiger partial charge in [-0.1, -0.05) is 0 Å². The van der Waals surface area contributed by atoms with Crippen molar-refractivity contribution >= 4 is 16.1 Å². The van der Waals surface area contributed by atoms with E-state index in [0.29, 0.717) is 0 Å². The van der Waals surface area contributed by atoms with Gasteiger partial charge >= 0.3 is 0 Å². The van der Waals surface area contributed by atoms with Crippen LogP contribution in [0.25, 0.3) is 0 Å². The van der Waals surface area contributed by atoms with Gasteiger partial charge in [-0.2, -0.15) is 13.1 Å². The third-order valence-electron chi connectivity index (χ3n) is 1.17. The van der Waals surface area contributed by atoms with E-state index < -0.39 is 22.2 Å². The van der Waals surface area contributed by atoms with Gasteiger partial charge in [-0.25, -0.2) is 5.14 Å². The van der Waals surface area contributed by atoms with Crippen molar-refractivity contribution in [2.45, 2.75) is 32.9 Å². The highest BCUT2D eigenvalue weighted by atomic mass is 32.2. The van der Waals surface area contributed by atoms with Crippen LogP contribution < -0.4 is 15.2 Å². The van der Waals surface area contributed by atoms with Crippen LogP contribution in [0.3, 0.4) is 0 Å². The summed E-state index contributed by atoms with van der Waals surface area (Å²) in [7, 11) is -3.82. The van der Waals surface area contributed by atoms with Gasteiger partial charge in [0.15, 0.2) is 0 Å². The molecule has 0 heterocycles. The molecule has 0 aromatic rings. The van der Waals surface area contributed by atoms with Crippen LogP contribution in [0.1, 0.15) is 20.8 Å². The van der Waals surface area contributed by atoms with Crippen LogP contribution in [0.15, 0.2) is 0 Å². The van der Waals surface area contributed by atoms with E-state index in [1.165, 1.54) is 6.92 Å². The smallest absolute Gasteiger partial charge is 0.275 e. The summed E-state index contributed by atoms with van der Waals surface area (Å²) < 4.78 is 23.0. The SMILES string of the molecule is CC(C)NC(=O)C(C)NS(N)(=O)=O. The predicted octanol–water partition coefficient (Wildman–Crippen LogP) is -1.31. The minimum Gasteiger partial charge on any atom is -0.353 e. The van der Waals surface area contributed by atoms with E-state index in [9.17, 15) is 13.2 Å². The van der Waals surface area contributed by atoms with Gasteiger partial charge in [-0.15, -0.1) is 0 Å². The summed E-state index contributed by atoms with van der Waals surface area (Å²) in [5.41, 5.74) is 0. The Labute approximate surface area is 78.1 Å². The molecule has 78 valence electrons. The van der Waals surface area contributed by atoms with Crippen molar-refractivity contribution in [2.24, 2.45) is 5.14 Å². The van der Waals surface area contributed by atoms with Crippen LogP contribution in [-0.2, 0) is 15.0 Å². The van der Waals surface area contributed by atoms with E-state index in [-0.39, 0.29) is 6.04 Å². The zero-order valence-electron chi connectivity index (χ0n) is 7.87. The van der Waals surface area contributed by atoms with Crippen LogP contribution in [-0.4, -0.2) is 26.4 Å². The average Bonchev–Trinajstić information content (AvgIpc) is 1.81. The molecule has 0 fully saturated rings. The molecule has 1 amide bonds. The molecule has 0 spiro atoms. The third-order valence-corrected chi connectivity index (χ3v) is 1.85. The second-order valence-corrected chi connectivity index (χ2v) is 4.37. The fourth-order valence-electron chi connectivity index (χ4n) is 0.709. The lowest BCUT2D eigenvalue weighted by Crippen LogP contribution is -2.48. The Bertz CT molecular complexity index is 273. The summed E-state index contributed by atoms with van der Waals surface area (Å²) in [6.07, 6.45) is 0. The maximum absolute atomic E-state index is 11.1. The molecule has 7 heteroatoms. The van der Waals surface area contributed by atoms with Crippen molar-refractivity contribution in [1.82, 2.24) is 10.0 Å². The Morgan fingerprint density at radius 3 is 2.08 bits per heavy atom. The normalized spacial score (nSPS) is 14.2. The molecule has 0 aliphatic heterocycles. The molecule has 1 atom stereocenters. The van der Waals surface area contributed by atoms with Crippen molar-refractivity contribution in [3.05, 3.63) is 0 Å². The molecule has 1 unspecified atom stereocenters. The number of carbonyl (C=O) groups is 1. The van der Waals surface area contributed by atoms with Gasteiger partial charge in [-0.05, 0) is 20.8 Å². The summed E-state index contributed by atoms with van der Waals surface area (Å²) in [5, 5.41) is 7.23. The highest BCUT2D eigenvalue weighted by Crippen LogP contribution is 1.86. The number of nitrogens with two attached hydrogens (primary N) is 1. The summed E-state index contributed by atoms with van der Waals surface area (Å²) in [4.78, 5) is 11.1. The second-order valence-electron chi connectivity index (χ2n) is 3.05. The van der Waals surface area contributed by atoms with Gasteiger partial charge in [0.05, 0.1) is 6.04 Å². The molecule has 0 radical (unpaired) electrons. The van der Waals surface area contributed by atoms with E-state index in [1.54, 1.807) is 13.8 Å². The third kappa shape index (κ3) is 6.50. The number of amides is 1. The summed E-state index contributed by atoms with van der Waals surface area (Å²) in [6.45, 7) is 4.98. The van der Waals surface area contributed by atoms with Crippen molar-refractivity contribution < 1.29 is 13.2 Å². The quantitative estimate of drug-likeness (QED) is 0.536. The molecular weight excluding hydrogens is 194 g/mol. The molecule has 0 aromatic carbocycles. The Morgan fingerprint density at radius 2 is 1.77 bits per heavy atom. The van der Waals surface area contributed by atoms with Crippen molar-refractivity contribution in [3.63, 3.8) is 0 Å². The fraction of sp³-hybridized carbons (Fsp3) is 0.833. The predicted molar refractivity (Wildman–Crippen MR) is 49.0 cm³/mol. The first-order valence-corrected chi connectivity index (χ1v) is 5.37. The van der Waals surface area contributed by atoms with Crippen molar-refractivity contribution in [3.8, 4) is 0 Å². The monoisotopic (exact) mass is 209 g/mol. The number of nitrogens with one attached hydrogen (secondary N) is 2. The molecule has 6 nitrogen and oxygen atoms in total. The number of rotatable bonds is 4. The molecule has 0 aliphatic rings. The van der Waals surface area contributed by atoms with Crippen molar-refractivity contribution in [2.75, 3.05) is 0 Å². The average molecular weight is 209 g/mol. The molecule has 13 heavy (non-hydrogen) atoms. The van der Waals surface area contributed by atoms with Gasteiger partial charge in [0.25, 0.3) is 10.2 Å². The first kappa shape index (κ1) is 12.3. The van der Waals surface area contributed by atoms with Gasteiger partial charge in [0, 0.05) is 6.04 Å². The lowest BCUT2D eigenvalue weighted by atomic mass is 10.3. The van der Waals surface area contributed by atoms with E-state index in [1.807, 2.05) is 4.72 Å². The highest BCUT2D eigenvalue weighted by Gasteiger charge is 2.17. The van der Waals surface area contributed by atoms with Crippen LogP contribution in [0, 0.1) is 0 Å². The van der Waals surface area contributed by atoms with Gasteiger partial charge < -0.3 is 5.32 Å². The maximum atomic E-state index is 11.1. The number of carbonyl (C=O) groups excluding carboxylic acids is 1. The van der Waals surface area contributed by atoms with E-state index in [0.717, 1.165) is 0 Å². The van der Waals surface area contributed by atoms with Crippen LogP contribution in [0.5, 0.6) is 0 Å². The highest BCUT2D eigenvalue weighted by molar-refractivity contribution is 7.87. The Morgan fingerprint density at radius 1 is 1.31 bits per heavy atom. The van der Waals surface area contributed by atoms with Crippen LogP contribution in [0.4, 0.5) is 0 Å². The first-order valence-electron chi connectivity index (χ1n) is 3.83. The van der Waals surface area contributed by atoms with E-state index in [4.69, 9.17) is 0 Å².